The van der Waals surface area contributed by atoms with E-state index in [0.29, 0.717) is 13.2 Å². The van der Waals surface area contributed by atoms with Gasteiger partial charge in [-0.1, -0.05) is 12.1 Å². The minimum absolute atomic E-state index is 0.113. The van der Waals surface area contributed by atoms with Crippen LogP contribution in [0.1, 0.15) is 33.3 Å². The number of halogens is 1. The van der Waals surface area contributed by atoms with Crippen molar-refractivity contribution in [2.24, 2.45) is 5.73 Å². The molecule has 0 fully saturated rings. The number of nitrogens with two attached hydrogens (primary N) is 1. The summed E-state index contributed by atoms with van der Waals surface area (Å²) in [7, 11) is 0. The molecule has 0 aliphatic carbocycles. The van der Waals surface area contributed by atoms with Gasteiger partial charge in [0.15, 0.2) is 0 Å². The van der Waals surface area contributed by atoms with E-state index in [9.17, 15) is 0 Å². The lowest BCUT2D eigenvalue weighted by molar-refractivity contribution is -0.0164. The van der Waals surface area contributed by atoms with E-state index < -0.39 is 0 Å². The smallest absolute Gasteiger partial charge is 0.136 e. The van der Waals surface area contributed by atoms with Crippen LogP contribution in [0.5, 0.6) is 5.75 Å². The summed E-state index contributed by atoms with van der Waals surface area (Å²) >= 11 is 3.52. The van der Waals surface area contributed by atoms with Gasteiger partial charge in [-0.05, 0) is 61.7 Å². The molecule has 0 saturated carbocycles. The topological polar surface area (TPSA) is 44.5 Å². The maximum absolute atomic E-state index is 5.86. The quantitative estimate of drug-likeness (QED) is 0.812. The molecule has 0 heterocycles. The largest absolute Gasteiger partial charge is 0.490 e. The molecule has 108 valence electrons. The Labute approximate surface area is 124 Å². The summed E-state index contributed by atoms with van der Waals surface area (Å²) in [6.07, 6.45) is 0.800. The number of benzene rings is 1. The molecule has 0 saturated heterocycles. The van der Waals surface area contributed by atoms with Gasteiger partial charge in [0, 0.05) is 6.04 Å². The first kappa shape index (κ1) is 16.5. The van der Waals surface area contributed by atoms with Crippen molar-refractivity contribution < 1.29 is 9.47 Å². The maximum Gasteiger partial charge on any atom is 0.136 e. The van der Waals surface area contributed by atoms with Crippen LogP contribution >= 0.6 is 15.9 Å². The lowest BCUT2D eigenvalue weighted by atomic mass is 10.1. The molecular weight excluding hydrogens is 306 g/mol. The Morgan fingerprint density at radius 3 is 2.53 bits per heavy atom. The minimum atomic E-state index is -0.133. The number of para-hydroxylation sites is 1. The molecule has 1 unspecified atom stereocenters. The van der Waals surface area contributed by atoms with Crippen molar-refractivity contribution in [1.29, 1.82) is 0 Å². The van der Waals surface area contributed by atoms with Crippen LogP contribution in [0.4, 0.5) is 0 Å². The number of ether oxygens (including phenoxy) is 2. The third-order valence-electron chi connectivity index (χ3n) is 2.46. The molecule has 0 bridgehead atoms. The summed E-state index contributed by atoms with van der Waals surface area (Å²) in [5.74, 6) is 0.873. The third-order valence-corrected chi connectivity index (χ3v) is 3.08. The van der Waals surface area contributed by atoms with Crippen molar-refractivity contribution in [3.63, 3.8) is 0 Å². The van der Waals surface area contributed by atoms with Crippen molar-refractivity contribution in [3.05, 3.63) is 28.2 Å². The third kappa shape index (κ3) is 6.41. The molecule has 0 aliphatic heterocycles. The molecule has 4 heteroatoms. The highest BCUT2D eigenvalue weighted by atomic mass is 79.9. The van der Waals surface area contributed by atoms with Gasteiger partial charge in [0.1, 0.15) is 12.4 Å². The maximum atomic E-state index is 5.86. The second-order valence-corrected chi connectivity index (χ2v) is 6.57. The van der Waals surface area contributed by atoms with Crippen LogP contribution < -0.4 is 10.5 Å². The molecule has 1 atom stereocenters. The minimum Gasteiger partial charge on any atom is -0.490 e. The first-order valence-corrected chi connectivity index (χ1v) is 7.38. The molecule has 1 aromatic rings. The van der Waals surface area contributed by atoms with Crippen LogP contribution in [-0.4, -0.2) is 24.9 Å². The van der Waals surface area contributed by atoms with E-state index in [0.717, 1.165) is 22.2 Å². The second-order valence-electron chi connectivity index (χ2n) is 5.72. The van der Waals surface area contributed by atoms with Crippen molar-refractivity contribution >= 4 is 15.9 Å². The average molecular weight is 330 g/mol. The van der Waals surface area contributed by atoms with E-state index in [2.05, 4.69) is 15.9 Å². The van der Waals surface area contributed by atoms with Gasteiger partial charge >= 0.3 is 0 Å². The summed E-state index contributed by atoms with van der Waals surface area (Å²) in [6, 6.07) is 6.14. The monoisotopic (exact) mass is 329 g/mol. The van der Waals surface area contributed by atoms with Crippen LogP contribution in [0.15, 0.2) is 22.7 Å². The van der Waals surface area contributed by atoms with Gasteiger partial charge in [-0.15, -0.1) is 0 Å². The van der Waals surface area contributed by atoms with Crippen molar-refractivity contribution in [2.75, 3.05) is 13.2 Å². The Hall–Kier alpha value is -0.580. The van der Waals surface area contributed by atoms with E-state index in [1.54, 1.807) is 0 Å². The zero-order valence-electron chi connectivity index (χ0n) is 12.2. The highest BCUT2D eigenvalue weighted by molar-refractivity contribution is 9.10. The SMILES string of the molecule is CC(N)Cc1cccc(Br)c1OCCOC(C)(C)C. The van der Waals surface area contributed by atoms with Crippen LogP contribution in [0.3, 0.4) is 0 Å². The van der Waals surface area contributed by atoms with E-state index >= 15 is 0 Å². The molecule has 0 amide bonds. The lowest BCUT2D eigenvalue weighted by Gasteiger charge is -2.20. The zero-order chi connectivity index (χ0) is 14.5. The van der Waals surface area contributed by atoms with Crippen molar-refractivity contribution in [1.82, 2.24) is 0 Å². The van der Waals surface area contributed by atoms with Gasteiger partial charge in [-0.25, -0.2) is 0 Å². The van der Waals surface area contributed by atoms with E-state index in [1.807, 2.05) is 45.9 Å². The van der Waals surface area contributed by atoms with E-state index in [4.69, 9.17) is 15.2 Å². The molecule has 0 radical (unpaired) electrons. The Morgan fingerprint density at radius 1 is 1.26 bits per heavy atom. The lowest BCUT2D eigenvalue weighted by Crippen LogP contribution is -2.23. The van der Waals surface area contributed by atoms with Crippen LogP contribution in [0.2, 0.25) is 0 Å². The highest BCUT2D eigenvalue weighted by Gasteiger charge is 2.12. The van der Waals surface area contributed by atoms with Crippen molar-refractivity contribution in [2.45, 2.75) is 45.8 Å². The zero-order valence-corrected chi connectivity index (χ0v) is 13.8. The Balaban J connectivity index is 2.61. The summed E-state index contributed by atoms with van der Waals surface area (Å²) in [5.41, 5.74) is 6.85. The molecule has 1 rings (SSSR count). The number of hydrogen-bond acceptors (Lipinski definition) is 3. The van der Waals surface area contributed by atoms with Crippen LogP contribution in [0, 0.1) is 0 Å². The molecule has 0 aromatic heterocycles. The summed E-state index contributed by atoms with van der Waals surface area (Å²) in [6.45, 7) is 9.20. The van der Waals surface area contributed by atoms with E-state index in [1.165, 1.54) is 0 Å². The summed E-state index contributed by atoms with van der Waals surface area (Å²) < 4.78 is 12.4. The standard InChI is InChI=1S/C15H24BrNO2/c1-11(17)10-12-6-5-7-13(16)14(12)18-8-9-19-15(2,3)4/h5-7,11H,8-10,17H2,1-4H3. The fourth-order valence-corrected chi connectivity index (χ4v) is 2.24. The van der Waals surface area contributed by atoms with Crippen molar-refractivity contribution in [3.8, 4) is 5.75 Å². The summed E-state index contributed by atoms with van der Waals surface area (Å²) in [5, 5.41) is 0. The molecule has 1 aromatic carbocycles. The Morgan fingerprint density at radius 2 is 1.95 bits per heavy atom. The van der Waals surface area contributed by atoms with Gasteiger partial charge in [0.05, 0.1) is 16.7 Å². The predicted octanol–water partition coefficient (Wildman–Crippen LogP) is 3.53. The average Bonchev–Trinajstić information content (AvgIpc) is 2.25. The molecule has 19 heavy (non-hydrogen) atoms. The van der Waals surface area contributed by atoms with Gasteiger partial charge < -0.3 is 15.2 Å². The van der Waals surface area contributed by atoms with Crippen LogP contribution in [0.25, 0.3) is 0 Å². The first-order valence-electron chi connectivity index (χ1n) is 6.59. The Kier molecular flexibility index (Phi) is 6.30. The fraction of sp³-hybridized carbons (Fsp3) is 0.600. The fourth-order valence-electron chi connectivity index (χ4n) is 1.71. The molecule has 0 aliphatic rings. The Bertz CT molecular complexity index is 400. The number of rotatable bonds is 6. The van der Waals surface area contributed by atoms with Crippen LogP contribution in [-0.2, 0) is 11.2 Å². The predicted molar refractivity (Wildman–Crippen MR) is 82.7 cm³/mol. The van der Waals surface area contributed by atoms with Gasteiger partial charge in [0.25, 0.3) is 0 Å². The second kappa shape index (κ2) is 7.27. The van der Waals surface area contributed by atoms with Gasteiger partial charge in [-0.3, -0.25) is 0 Å². The molecule has 0 spiro atoms. The summed E-state index contributed by atoms with van der Waals surface area (Å²) in [4.78, 5) is 0. The molecule has 3 nitrogen and oxygen atoms in total. The van der Waals surface area contributed by atoms with Gasteiger partial charge in [-0.2, -0.15) is 0 Å². The van der Waals surface area contributed by atoms with Gasteiger partial charge in [0.2, 0.25) is 0 Å². The normalized spacial score (nSPS) is 13.4. The molecular formula is C15H24BrNO2. The first-order chi connectivity index (χ1) is 8.79. The molecule has 2 N–H and O–H groups in total. The van der Waals surface area contributed by atoms with E-state index in [-0.39, 0.29) is 11.6 Å². The highest BCUT2D eigenvalue weighted by Crippen LogP contribution is 2.29. The number of hydrogen-bond donors (Lipinski definition) is 1.